The zero-order valence-electron chi connectivity index (χ0n) is 19.2. The van der Waals surface area contributed by atoms with Crippen LogP contribution in [0.25, 0.3) is 0 Å². The van der Waals surface area contributed by atoms with Gasteiger partial charge >= 0.3 is 6.18 Å². The molecular weight excluding hydrogens is 520 g/mol. The lowest BCUT2D eigenvalue weighted by molar-refractivity contribution is -0.141. The highest BCUT2D eigenvalue weighted by Gasteiger charge is 2.37. The molecule has 2 heterocycles. The SMILES string of the molecule is Cc1nn(Cc2ccc(Cl)c(Cl)c2)c(C)c1NC(=S)NCCCn1nc(C(F)(F)F)cc1C1CC1. The summed E-state index contributed by atoms with van der Waals surface area (Å²) >= 11 is 17.5. The highest BCUT2D eigenvalue weighted by atomic mass is 35.5. The number of aromatic nitrogens is 4. The lowest BCUT2D eigenvalue weighted by Crippen LogP contribution is -2.30. The van der Waals surface area contributed by atoms with Crippen LogP contribution in [-0.2, 0) is 19.3 Å². The summed E-state index contributed by atoms with van der Waals surface area (Å²) in [6.07, 6.45) is -2.03. The highest BCUT2D eigenvalue weighted by molar-refractivity contribution is 7.80. The molecule has 0 radical (unpaired) electrons. The van der Waals surface area contributed by atoms with E-state index >= 15 is 0 Å². The number of rotatable bonds is 8. The van der Waals surface area contributed by atoms with Crippen molar-refractivity contribution in [2.45, 2.75) is 58.3 Å². The zero-order valence-corrected chi connectivity index (χ0v) is 21.5. The molecule has 4 rings (SSSR count). The molecular formula is C23H25Cl2F3N6S. The fourth-order valence-corrected chi connectivity index (χ4v) is 4.41. The summed E-state index contributed by atoms with van der Waals surface area (Å²) in [5.41, 5.74) is 3.31. The number of nitrogens with zero attached hydrogens (tertiary/aromatic N) is 4. The van der Waals surface area contributed by atoms with E-state index in [0.29, 0.717) is 46.9 Å². The molecule has 0 bridgehead atoms. The Morgan fingerprint density at radius 3 is 2.51 bits per heavy atom. The first-order valence-corrected chi connectivity index (χ1v) is 12.4. The number of alkyl halides is 3. The van der Waals surface area contributed by atoms with Gasteiger partial charge in [-0.2, -0.15) is 23.4 Å². The number of thiocarbonyl (C=S) groups is 1. The molecule has 1 aromatic carbocycles. The molecule has 0 atom stereocenters. The first kappa shape index (κ1) is 25.8. The summed E-state index contributed by atoms with van der Waals surface area (Å²) in [6.45, 7) is 5.23. The summed E-state index contributed by atoms with van der Waals surface area (Å²) in [7, 11) is 0. The standard InChI is InChI=1S/C23H25Cl2F3N6S/c1-13-21(14(2)34(31-13)12-15-4-7-17(24)18(25)10-15)30-22(35)29-8-3-9-33-19(16-5-6-16)11-20(32-33)23(26,27)28/h4,7,10-11,16H,3,5-6,8-9,12H2,1-2H3,(H2,29,30,35). The summed E-state index contributed by atoms with van der Waals surface area (Å²) in [5.74, 6) is 0.181. The van der Waals surface area contributed by atoms with Crippen LogP contribution in [0, 0.1) is 13.8 Å². The molecule has 1 aliphatic carbocycles. The predicted molar refractivity (Wildman–Crippen MR) is 135 cm³/mol. The Morgan fingerprint density at radius 2 is 1.86 bits per heavy atom. The molecule has 12 heteroatoms. The smallest absolute Gasteiger partial charge is 0.362 e. The lowest BCUT2D eigenvalue weighted by atomic mass is 10.2. The summed E-state index contributed by atoms with van der Waals surface area (Å²) < 4.78 is 42.5. The van der Waals surface area contributed by atoms with E-state index in [2.05, 4.69) is 20.8 Å². The second-order valence-corrected chi connectivity index (χ2v) is 9.86. The van der Waals surface area contributed by atoms with E-state index in [1.165, 1.54) is 10.7 Å². The second kappa shape index (κ2) is 10.4. The van der Waals surface area contributed by atoms with Crippen LogP contribution in [0.15, 0.2) is 24.3 Å². The maximum Gasteiger partial charge on any atom is 0.435 e. The number of hydrogen-bond acceptors (Lipinski definition) is 3. The van der Waals surface area contributed by atoms with Crippen LogP contribution in [0.2, 0.25) is 10.0 Å². The normalized spacial score (nSPS) is 13.8. The minimum Gasteiger partial charge on any atom is -0.362 e. The maximum absolute atomic E-state index is 13.1. The number of halogens is 5. The van der Waals surface area contributed by atoms with Gasteiger partial charge in [0.05, 0.1) is 33.7 Å². The van der Waals surface area contributed by atoms with Crippen LogP contribution in [0.3, 0.4) is 0 Å². The third-order valence-corrected chi connectivity index (χ3v) is 6.85. The van der Waals surface area contributed by atoms with Gasteiger partial charge in [0, 0.05) is 24.7 Å². The van der Waals surface area contributed by atoms with E-state index in [-0.39, 0.29) is 5.92 Å². The van der Waals surface area contributed by atoms with Gasteiger partial charge in [-0.3, -0.25) is 9.36 Å². The van der Waals surface area contributed by atoms with Gasteiger partial charge in [-0.15, -0.1) is 0 Å². The van der Waals surface area contributed by atoms with E-state index in [1.54, 1.807) is 6.07 Å². The topological polar surface area (TPSA) is 59.7 Å². The molecule has 2 N–H and O–H groups in total. The zero-order chi connectivity index (χ0) is 25.3. The monoisotopic (exact) mass is 544 g/mol. The van der Waals surface area contributed by atoms with E-state index < -0.39 is 11.9 Å². The molecule has 0 amide bonds. The third kappa shape index (κ3) is 6.29. The maximum atomic E-state index is 13.1. The van der Waals surface area contributed by atoms with Crippen LogP contribution in [-0.4, -0.2) is 31.2 Å². The van der Waals surface area contributed by atoms with Gasteiger partial charge in [0.2, 0.25) is 0 Å². The minimum absolute atomic E-state index is 0.181. The van der Waals surface area contributed by atoms with Crippen LogP contribution in [0.5, 0.6) is 0 Å². The van der Waals surface area contributed by atoms with Gasteiger partial charge in [-0.05, 0) is 69.1 Å². The van der Waals surface area contributed by atoms with Gasteiger partial charge in [0.25, 0.3) is 0 Å². The number of aryl methyl sites for hydroxylation is 2. The molecule has 6 nitrogen and oxygen atoms in total. The van der Waals surface area contributed by atoms with Crippen molar-refractivity contribution in [2.75, 3.05) is 11.9 Å². The first-order valence-electron chi connectivity index (χ1n) is 11.2. The molecule has 3 aromatic rings. The Kier molecular flexibility index (Phi) is 7.63. The van der Waals surface area contributed by atoms with Crippen molar-refractivity contribution in [1.82, 2.24) is 24.9 Å². The van der Waals surface area contributed by atoms with Gasteiger partial charge in [0.1, 0.15) is 0 Å². The molecule has 2 aromatic heterocycles. The van der Waals surface area contributed by atoms with Gasteiger partial charge in [-0.1, -0.05) is 29.3 Å². The third-order valence-electron chi connectivity index (χ3n) is 5.87. The number of benzene rings is 1. The van der Waals surface area contributed by atoms with Crippen LogP contribution < -0.4 is 10.6 Å². The van der Waals surface area contributed by atoms with Crippen LogP contribution in [0.4, 0.5) is 18.9 Å². The highest BCUT2D eigenvalue weighted by Crippen LogP contribution is 2.42. The van der Waals surface area contributed by atoms with Gasteiger partial charge < -0.3 is 10.6 Å². The molecule has 0 unspecified atom stereocenters. The minimum atomic E-state index is -4.43. The van der Waals surface area contributed by atoms with Crippen molar-refractivity contribution in [3.05, 3.63) is 62.6 Å². The average Bonchev–Trinajstić information content (AvgIpc) is 3.48. The molecule has 1 aliphatic rings. The second-order valence-electron chi connectivity index (χ2n) is 8.64. The van der Waals surface area contributed by atoms with Crippen molar-refractivity contribution >= 4 is 46.2 Å². The van der Waals surface area contributed by atoms with Gasteiger partial charge in [0.15, 0.2) is 10.8 Å². The molecule has 1 saturated carbocycles. The fourth-order valence-electron chi connectivity index (χ4n) is 3.89. The first-order chi connectivity index (χ1) is 16.5. The molecule has 35 heavy (non-hydrogen) atoms. The molecule has 1 fully saturated rings. The number of nitrogens with one attached hydrogen (secondary N) is 2. The van der Waals surface area contributed by atoms with Crippen molar-refractivity contribution in [3.8, 4) is 0 Å². The molecule has 0 spiro atoms. The molecule has 0 saturated heterocycles. The summed E-state index contributed by atoms with van der Waals surface area (Å²) in [5, 5.41) is 16.1. The molecule has 188 valence electrons. The van der Waals surface area contributed by atoms with E-state index in [9.17, 15) is 13.2 Å². The average molecular weight is 545 g/mol. The van der Waals surface area contributed by atoms with E-state index in [0.717, 1.165) is 35.5 Å². The van der Waals surface area contributed by atoms with Gasteiger partial charge in [-0.25, -0.2) is 0 Å². The van der Waals surface area contributed by atoms with Crippen LogP contribution in [0.1, 0.15) is 53.5 Å². The summed E-state index contributed by atoms with van der Waals surface area (Å²) in [4.78, 5) is 0. The number of anilines is 1. The van der Waals surface area contributed by atoms with Crippen molar-refractivity contribution in [3.63, 3.8) is 0 Å². The Hall–Kier alpha value is -2.30. The Balaban J connectivity index is 1.31. The van der Waals surface area contributed by atoms with Crippen molar-refractivity contribution in [2.24, 2.45) is 0 Å². The Morgan fingerprint density at radius 1 is 1.11 bits per heavy atom. The summed E-state index contributed by atoms with van der Waals surface area (Å²) in [6, 6.07) is 6.64. The molecule has 0 aliphatic heterocycles. The Bertz CT molecular complexity index is 1230. The predicted octanol–water partition coefficient (Wildman–Crippen LogP) is 6.32. The van der Waals surface area contributed by atoms with Crippen molar-refractivity contribution in [1.29, 1.82) is 0 Å². The Labute approximate surface area is 216 Å². The fraction of sp³-hybridized carbons (Fsp3) is 0.435. The van der Waals surface area contributed by atoms with E-state index in [1.807, 2.05) is 30.7 Å². The van der Waals surface area contributed by atoms with Crippen molar-refractivity contribution < 1.29 is 13.2 Å². The lowest BCUT2D eigenvalue weighted by Gasteiger charge is -2.12. The largest absolute Gasteiger partial charge is 0.435 e. The quantitative estimate of drug-likeness (QED) is 0.256. The van der Waals surface area contributed by atoms with Crippen LogP contribution >= 0.6 is 35.4 Å². The van der Waals surface area contributed by atoms with E-state index in [4.69, 9.17) is 35.4 Å². The number of hydrogen-bond donors (Lipinski definition) is 2.